The maximum Gasteiger partial charge on any atom is 0.175 e. The van der Waals surface area contributed by atoms with Crippen molar-refractivity contribution in [3.8, 4) is 11.5 Å². The second-order valence-electron chi connectivity index (χ2n) is 9.06. The number of amidine groups is 1. The van der Waals surface area contributed by atoms with Gasteiger partial charge in [-0.05, 0) is 68.5 Å². The summed E-state index contributed by atoms with van der Waals surface area (Å²) < 4.78 is 7.49. The van der Waals surface area contributed by atoms with Gasteiger partial charge in [-0.2, -0.15) is 0 Å². The molecule has 36 heavy (non-hydrogen) atoms. The Hall–Kier alpha value is -2.59. The average Bonchev–Trinajstić information content (AvgIpc) is 3.57. The minimum absolute atomic E-state index is 0.374. The minimum Gasteiger partial charge on any atom is -0.453 e. The predicted octanol–water partition coefficient (Wildman–Crippen LogP) is 6.86. The fourth-order valence-corrected chi connectivity index (χ4v) is 7.47. The summed E-state index contributed by atoms with van der Waals surface area (Å²) in [4.78, 5) is 18.9. The van der Waals surface area contributed by atoms with Gasteiger partial charge in [-0.25, -0.2) is 4.98 Å². The van der Waals surface area contributed by atoms with E-state index < -0.39 is 0 Å². The van der Waals surface area contributed by atoms with Crippen molar-refractivity contribution < 1.29 is 4.74 Å². The van der Waals surface area contributed by atoms with Crippen molar-refractivity contribution >= 4 is 56.1 Å². The van der Waals surface area contributed by atoms with Crippen molar-refractivity contribution in [2.75, 3.05) is 31.2 Å². The maximum absolute atomic E-state index is 6.31. The second kappa shape index (κ2) is 10.8. The van der Waals surface area contributed by atoms with Crippen LogP contribution in [0.1, 0.15) is 12.8 Å². The van der Waals surface area contributed by atoms with Gasteiger partial charge in [0.05, 0.1) is 16.3 Å². The number of nitrogens with one attached hydrogen (secondary N) is 1. The molecule has 0 amide bonds. The van der Waals surface area contributed by atoms with E-state index in [1.807, 2.05) is 42.7 Å². The molecular weight excluding hydrogens is 507 g/mol. The molecule has 3 aromatic heterocycles. The van der Waals surface area contributed by atoms with Crippen LogP contribution >= 0.6 is 34.9 Å². The monoisotopic (exact) mass is 533 g/mol. The van der Waals surface area contributed by atoms with E-state index in [1.165, 1.54) is 22.4 Å². The number of thioether (sulfide) groups is 1. The summed E-state index contributed by atoms with van der Waals surface area (Å²) in [7, 11) is 2.20. The van der Waals surface area contributed by atoms with Crippen LogP contribution in [0.25, 0.3) is 10.2 Å². The summed E-state index contributed by atoms with van der Waals surface area (Å²) in [5.74, 6) is 3.84. The normalized spacial score (nSPS) is 18.9. The van der Waals surface area contributed by atoms with E-state index in [9.17, 15) is 0 Å². The smallest absolute Gasteiger partial charge is 0.175 e. The molecule has 2 aliphatic rings. The molecule has 1 aromatic carbocycles. The van der Waals surface area contributed by atoms with E-state index >= 15 is 0 Å². The second-order valence-corrected chi connectivity index (χ2v) is 12.1. The molecule has 5 heterocycles. The molecule has 1 saturated heterocycles. The van der Waals surface area contributed by atoms with Gasteiger partial charge in [-0.15, -0.1) is 11.3 Å². The van der Waals surface area contributed by atoms with Gasteiger partial charge < -0.3 is 15.0 Å². The Labute approximate surface area is 223 Å². The van der Waals surface area contributed by atoms with Crippen LogP contribution in [0, 0.1) is 5.92 Å². The lowest BCUT2D eigenvalue weighted by Gasteiger charge is -2.30. The lowest BCUT2D eigenvalue weighted by molar-refractivity contribution is 0.205. The number of hydrogen-bond acceptors (Lipinski definition) is 9. The van der Waals surface area contributed by atoms with Crippen LogP contribution in [0.2, 0.25) is 0 Å². The summed E-state index contributed by atoms with van der Waals surface area (Å²) in [6, 6.07) is 16.4. The molecule has 0 radical (unpaired) electrons. The fraction of sp³-hybridized carbons (Fsp3) is 0.296. The van der Waals surface area contributed by atoms with Crippen LogP contribution < -0.4 is 10.1 Å². The van der Waals surface area contributed by atoms with Crippen LogP contribution in [0.3, 0.4) is 0 Å². The third-order valence-corrected chi connectivity index (χ3v) is 9.62. The largest absolute Gasteiger partial charge is 0.453 e. The molecule has 0 bridgehead atoms. The zero-order valence-electron chi connectivity index (χ0n) is 20.0. The molecule has 9 heteroatoms. The number of benzene rings is 1. The maximum atomic E-state index is 6.31. The van der Waals surface area contributed by atoms with Crippen LogP contribution in [0.5, 0.6) is 11.5 Å². The first-order valence-electron chi connectivity index (χ1n) is 12.1. The van der Waals surface area contributed by atoms with Crippen molar-refractivity contribution in [2.45, 2.75) is 28.7 Å². The Balaban J connectivity index is 1.25. The van der Waals surface area contributed by atoms with Crippen molar-refractivity contribution in [2.24, 2.45) is 10.9 Å². The Morgan fingerprint density at radius 1 is 1.08 bits per heavy atom. The predicted molar refractivity (Wildman–Crippen MR) is 152 cm³/mol. The molecule has 1 atom stereocenters. The van der Waals surface area contributed by atoms with Gasteiger partial charge in [0.15, 0.2) is 16.7 Å². The lowest BCUT2D eigenvalue weighted by atomic mass is 9.91. The SMILES string of the molecule is CN1CCC(C2CSC(Nc3ncc(Sc4ccnc5ccsc45)cc3Oc3ccccc3)=N2)CC1. The molecule has 2 aliphatic heterocycles. The molecular formula is C27H27N5OS3. The van der Waals surface area contributed by atoms with Gasteiger partial charge in [0.1, 0.15) is 5.75 Å². The third kappa shape index (κ3) is 5.39. The third-order valence-electron chi connectivity index (χ3n) is 6.54. The number of ether oxygens (including phenoxy) is 1. The molecule has 0 saturated carbocycles. The van der Waals surface area contributed by atoms with Crippen LogP contribution in [0.15, 0.2) is 81.1 Å². The number of para-hydroxylation sites is 1. The number of rotatable bonds is 6. The molecule has 4 aromatic rings. The molecule has 0 spiro atoms. The van der Waals surface area contributed by atoms with Crippen molar-refractivity contribution in [3.63, 3.8) is 0 Å². The minimum atomic E-state index is 0.374. The average molecular weight is 534 g/mol. The molecule has 6 rings (SSSR count). The summed E-state index contributed by atoms with van der Waals surface area (Å²) in [6.45, 7) is 2.32. The van der Waals surface area contributed by atoms with Gasteiger partial charge >= 0.3 is 0 Å². The van der Waals surface area contributed by atoms with Gasteiger partial charge in [0, 0.05) is 34.0 Å². The highest BCUT2D eigenvalue weighted by Crippen LogP contribution is 2.39. The summed E-state index contributed by atoms with van der Waals surface area (Å²) in [6.07, 6.45) is 6.20. The highest BCUT2D eigenvalue weighted by molar-refractivity contribution is 8.14. The number of aliphatic imine (C=N–C) groups is 1. The molecule has 1 unspecified atom stereocenters. The van der Waals surface area contributed by atoms with Crippen molar-refractivity contribution in [1.82, 2.24) is 14.9 Å². The Bertz CT molecular complexity index is 1370. The number of fused-ring (bicyclic) bond motifs is 1. The lowest BCUT2D eigenvalue weighted by Crippen LogP contribution is -2.35. The van der Waals surface area contributed by atoms with Crippen LogP contribution in [-0.4, -0.2) is 52.0 Å². The van der Waals surface area contributed by atoms with E-state index in [0.717, 1.165) is 40.2 Å². The first kappa shape index (κ1) is 23.8. The van der Waals surface area contributed by atoms with E-state index in [4.69, 9.17) is 14.7 Å². The van der Waals surface area contributed by atoms with E-state index in [0.29, 0.717) is 23.5 Å². The van der Waals surface area contributed by atoms with E-state index in [-0.39, 0.29) is 0 Å². The van der Waals surface area contributed by atoms with Gasteiger partial charge in [-0.1, -0.05) is 41.7 Å². The standard InChI is InChI=1S/C27H27N5OS3/c1-32-12-8-18(9-13-32)22-17-35-27(30-22)31-26-23(33-19-5-3-2-4-6-19)15-20(16-29-26)36-24-7-11-28-21-10-14-34-25(21)24/h2-7,10-11,14-16,18,22H,8-9,12-13,17H2,1H3,(H,29,30,31). The highest BCUT2D eigenvalue weighted by Gasteiger charge is 2.29. The molecule has 1 fully saturated rings. The van der Waals surface area contributed by atoms with Crippen molar-refractivity contribution in [3.05, 3.63) is 66.3 Å². The Kier molecular flexibility index (Phi) is 7.14. The number of hydrogen-bond donors (Lipinski definition) is 1. The first-order valence-corrected chi connectivity index (χ1v) is 14.8. The van der Waals surface area contributed by atoms with E-state index in [2.05, 4.69) is 45.8 Å². The topological polar surface area (TPSA) is 62.6 Å². The number of aromatic nitrogens is 2. The number of thiophene rings is 1. The van der Waals surface area contributed by atoms with Crippen LogP contribution in [0.4, 0.5) is 5.82 Å². The molecule has 0 aliphatic carbocycles. The number of anilines is 1. The number of likely N-dealkylation sites (tertiary alicyclic amines) is 1. The zero-order valence-corrected chi connectivity index (χ0v) is 22.4. The quantitative estimate of drug-likeness (QED) is 0.290. The molecule has 6 nitrogen and oxygen atoms in total. The fourth-order valence-electron chi connectivity index (χ4n) is 4.54. The zero-order chi connectivity index (χ0) is 24.3. The summed E-state index contributed by atoms with van der Waals surface area (Å²) in [5.41, 5.74) is 1.02. The number of piperidine rings is 1. The van der Waals surface area contributed by atoms with Crippen LogP contribution in [-0.2, 0) is 0 Å². The molecule has 184 valence electrons. The van der Waals surface area contributed by atoms with Crippen molar-refractivity contribution in [1.29, 1.82) is 0 Å². The van der Waals surface area contributed by atoms with Gasteiger partial charge in [-0.3, -0.25) is 9.98 Å². The summed E-state index contributed by atoms with van der Waals surface area (Å²) in [5, 5.41) is 6.48. The highest BCUT2D eigenvalue weighted by atomic mass is 32.2. The Morgan fingerprint density at radius 3 is 2.81 bits per heavy atom. The van der Waals surface area contributed by atoms with Gasteiger partial charge in [0.25, 0.3) is 0 Å². The number of pyridine rings is 2. The number of nitrogens with zero attached hydrogens (tertiary/aromatic N) is 4. The first-order chi connectivity index (χ1) is 17.7. The Morgan fingerprint density at radius 2 is 1.94 bits per heavy atom. The summed E-state index contributed by atoms with van der Waals surface area (Å²) >= 11 is 5.17. The molecule has 1 N–H and O–H groups in total. The van der Waals surface area contributed by atoms with Gasteiger partial charge in [0.2, 0.25) is 0 Å². The van der Waals surface area contributed by atoms with E-state index in [1.54, 1.807) is 34.9 Å².